The lowest BCUT2D eigenvalue weighted by Gasteiger charge is -2.37. The van der Waals surface area contributed by atoms with Crippen molar-refractivity contribution in [1.29, 1.82) is 0 Å². The number of halogens is 2. The molecule has 0 bridgehead atoms. The van der Waals surface area contributed by atoms with Crippen LogP contribution >= 0.6 is 0 Å². The summed E-state index contributed by atoms with van der Waals surface area (Å²) in [6.07, 6.45) is 1.77. The van der Waals surface area contributed by atoms with Crippen molar-refractivity contribution < 1.29 is 22.0 Å². The molecule has 5 rings (SSSR count). The average molecular weight is 534 g/mol. The molecule has 3 aromatic heterocycles. The Morgan fingerprint density at radius 1 is 1.11 bits per heavy atom. The minimum atomic E-state index is -3.84. The normalized spacial score (nSPS) is 17.5. The number of anilines is 1. The Kier molecular flexibility index (Phi) is 6.31. The first-order valence-electron chi connectivity index (χ1n) is 12.0. The Morgan fingerprint density at radius 2 is 1.81 bits per heavy atom. The minimum absolute atomic E-state index is 0.0795. The van der Waals surface area contributed by atoms with Gasteiger partial charge in [-0.3, -0.25) is 4.98 Å². The number of hydrogen-bond donors (Lipinski definition) is 1. The first-order valence-corrected chi connectivity index (χ1v) is 13.5. The van der Waals surface area contributed by atoms with Crippen LogP contribution in [0.25, 0.3) is 16.6 Å². The van der Waals surface area contributed by atoms with Gasteiger partial charge in [-0.25, -0.2) is 31.2 Å². The van der Waals surface area contributed by atoms with Gasteiger partial charge in [0.05, 0.1) is 16.6 Å². The van der Waals surface area contributed by atoms with Crippen LogP contribution < -0.4 is 9.62 Å². The highest BCUT2D eigenvalue weighted by atomic mass is 32.2. The molecular formula is C24H29F2N7O3S. The first-order chi connectivity index (χ1) is 17.5. The van der Waals surface area contributed by atoms with Crippen molar-refractivity contribution in [2.75, 3.05) is 45.2 Å². The Labute approximate surface area is 213 Å². The second kappa shape index (κ2) is 9.21. The molecule has 4 heterocycles. The zero-order chi connectivity index (χ0) is 26.5. The fourth-order valence-electron chi connectivity index (χ4n) is 4.42. The fraction of sp³-hybridized carbons (Fsp3) is 0.458. The molecule has 0 radical (unpaired) electrons. The van der Waals surface area contributed by atoms with Gasteiger partial charge in [0.25, 0.3) is 6.43 Å². The van der Waals surface area contributed by atoms with Gasteiger partial charge in [0, 0.05) is 69.2 Å². The molecule has 1 saturated heterocycles. The molecule has 1 aliphatic heterocycles. The van der Waals surface area contributed by atoms with E-state index < -0.39 is 22.0 Å². The average Bonchev–Trinajstić information content (AvgIpc) is 3.42. The van der Waals surface area contributed by atoms with E-state index in [2.05, 4.69) is 14.8 Å². The molecule has 3 aromatic rings. The van der Waals surface area contributed by atoms with Gasteiger partial charge < -0.3 is 14.7 Å². The Morgan fingerprint density at radius 3 is 2.38 bits per heavy atom. The maximum absolute atomic E-state index is 13.4. The summed E-state index contributed by atoms with van der Waals surface area (Å²) in [5, 5.41) is 4.52. The third-order valence-electron chi connectivity index (χ3n) is 6.84. The third-order valence-corrected chi connectivity index (χ3v) is 8.46. The van der Waals surface area contributed by atoms with Crippen molar-refractivity contribution in [3.63, 3.8) is 0 Å². The predicted octanol–water partition coefficient (Wildman–Crippen LogP) is 2.97. The summed E-state index contributed by atoms with van der Waals surface area (Å²) in [5.74, 6) is 0.569. The molecule has 198 valence electrons. The van der Waals surface area contributed by atoms with Crippen LogP contribution in [0, 0.1) is 0 Å². The summed E-state index contributed by atoms with van der Waals surface area (Å²) in [6, 6.07) is 5.85. The summed E-state index contributed by atoms with van der Waals surface area (Å²) in [5.41, 5.74) is 0.837. The number of carbonyl (C=O) groups excluding carboxylic acids is 1. The van der Waals surface area contributed by atoms with E-state index in [1.54, 1.807) is 41.8 Å². The molecule has 37 heavy (non-hydrogen) atoms. The van der Waals surface area contributed by atoms with Gasteiger partial charge in [-0.1, -0.05) is 6.07 Å². The molecule has 2 amide bonds. The minimum Gasteiger partial charge on any atom is -0.353 e. The van der Waals surface area contributed by atoms with Crippen molar-refractivity contribution in [1.82, 2.24) is 29.1 Å². The molecule has 0 unspecified atom stereocenters. The number of pyridine rings is 2. The number of rotatable bonds is 6. The second-order valence-corrected chi connectivity index (χ2v) is 11.7. The van der Waals surface area contributed by atoms with E-state index in [1.165, 1.54) is 23.2 Å². The highest BCUT2D eigenvalue weighted by Gasteiger charge is 2.41. The van der Waals surface area contributed by atoms with Gasteiger partial charge in [-0.05, 0) is 31.9 Å². The smallest absolute Gasteiger partial charge is 0.319 e. The number of fused-ring (bicyclic) bond motifs is 1. The van der Waals surface area contributed by atoms with E-state index in [0.29, 0.717) is 48.6 Å². The van der Waals surface area contributed by atoms with Crippen molar-refractivity contribution in [3.05, 3.63) is 42.4 Å². The topological polar surface area (TPSA) is 103 Å². The van der Waals surface area contributed by atoms with Crippen LogP contribution in [0.3, 0.4) is 0 Å². The van der Waals surface area contributed by atoms with Crippen LogP contribution in [0.4, 0.5) is 19.4 Å². The molecule has 0 aromatic carbocycles. The highest BCUT2D eigenvalue weighted by molar-refractivity contribution is 7.89. The number of amides is 2. The zero-order valence-electron chi connectivity index (χ0n) is 20.9. The van der Waals surface area contributed by atoms with Gasteiger partial charge in [-0.15, -0.1) is 0 Å². The van der Waals surface area contributed by atoms with Gasteiger partial charge >= 0.3 is 6.03 Å². The Balaban J connectivity index is 1.56. The molecule has 0 atom stereocenters. The summed E-state index contributed by atoms with van der Waals surface area (Å²) in [6.45, 7) is 3.79. The lowest BCUT2D eigenvalue weighted by Crippen LogP contribution is -2.52. The number of carbonyl (C=O) groups is 1. The summed E-state index contributed by atoms with van der Waals surface area (Å²) < 4.78 is 57.2. The molecule has 1 saturated carbocycles. The lowest BCUT2D eigenvalue weighted by atomic mass is 10.1. The van der Waals surface area contributed by atoms with Gasteiger partial charge in [-0.2, -0.15) is 5.10 Å². The summed E-state index contributed by atoms with van der Waals surface area (Å²) >= 11 is 0. The first kappa shape index (κ1) is 25.3. The number of sulfonamides is 1. The van der Waals surface area contributed by atoms with E-state index in [-0.39, 0.29) is 16.6 Å². The molecule has 2 fully saturated rings. The second-order valence-electron chi connectivity index (χ2n) is 9.99. The van der Waals surface area contributed by atoms with Crippen molar-refractivity contribution in [2.24, 2.45) is 0 Å². The summed E-state index contributed by atoms with van der Waals surface area (Å²) in [7, 11) is -0.438. The number of urea groups is 1. The number of nitrogens with zero attached hydrogens (tertiary/aromatic N) is 6. The van der Waals surface area contributed by atoms with Crippen molar-refractivity contribution in [2.45, 2.75) is 36.6 Å². The number of hydrogen-bond acceptors (Lipinski definition) is 6. The van der Waals surface area contributed by atoms with E-state index in [4.69, 9.17) is 0 Å². The number of alkyl halides is 2. The van der Waals surface area contributed by atoms with E-state index >= 15 is 0 Å². The SMILES string of the molecule is CN(C)C(=O)N1CCN(c2cc(S(=O)(=O)NC3(C)CC3)cc3c(-c4ccc(C(F)F)nc4)cnn23)CC1. The van der Waals surface area contributed by atoms with E-state index in [1.807, 2.05) is 11.8 Å². The van der Waals surface area contributed by atoms with Crippen LogP contribution in [-0.2, 0) is 10.0 Å². The van der Waals surface area contributed by atoms with Crippen LogP contribution in [0.5, 0.6) is 0 Å². The lowest BCUT2D eigenvalue weighted by molar-refractivity contribution is 0.146. The largest absolute Gasteiger partial charge is 0.353 e. The number of aromatic nitrogens is 3. The third kappa shape index (κ3) is 4.97. The molecular weight excluding hydrogens is 504 g/mol. The van der Waals surface area contributed by atoms with Gasteiger partial charge in [0.2, 0.25) is 10.0 Å². The molecule has 2 aliphatic rings. The molecule has 1 aliphatic carbocycles. The van der Waals surface area contributed by atoms with Gasteiger partial charge in [0.1, 0.15) is 11.5 Å². The van der Waals surface area contributed by atoms with E-state index in [9.17, 15) is 22.0 Å². The molecule has 0 spiro atoms. The Hall–Kier alpha value is -3.32. The predicted molar refractivity (Wildman–Crippen MR) is 134 cm³/mol. The quantitative estimate of drug-likeness (QED) is 0.523. The maximum Gasteiger partial charge on any atom is 0.319 e. The van der Waals surface area contributed by atoms with Crippen LogP contribution in [0.1, 0.15) is 31.9 Å². The molecule has 10 nitrogen and oxygen atoms in total. The standard InChI is InChI=1S/C24H29F2N7O3S/c1-24(6-7-24)29-37(35,36)17-12-20-18(16-4-5-19(22(25)26)27-14-16)15-28-33(20)21(13-17)31-8-10-32(11-9-31)23(34)30(2)3/h4-5,12-15,22,29H,6-11H2,1-3H3. The fourth-order valence-corrected chi connectivity index (χ4v) is 5.92. The highest BCUT2D eigenvalue weighted by Crippen LogP contribution is 2.37. The number of nitrogens with one attached hydrogen (secondary N) is 1. The van der Waals surface area contributed by atoms with Gasteiger partial charge in [0.15, 0.2) is 0 Å². The zero-order valence-corrected chi connectivity index (χ0v) is 21.7. The summed E-state index contributed by atoms with van der Waals surface area (Å²) in [4.78, 5) is 21.6. The molecule has 1 N–H and O–H groups in total. The Bertz CT molecular complexity index is 1430. The van der Waals surface area contributed by atoms with Crippen LogP contribution in [0.2, 0.25) is 0 Å². The number of piperazine rings is 1. The monoisotopic (exact) mass is 533 g/mol. The van der Waals surface area contributed by atoms with Crippen molar-refractivity contribution >= 4 is 27.4 Å². The maximum atomic E-state index is 13.4. The van der Waals surface area contributed by atoms with Crippen molar-refractivity contribution in [3.8, 4) is 11.1 Å². The van der Waals surface area contributed by atoms with Crippen LogP contribution in [0.15, 0.2) is 41.6 Å². The molecule has 13 heteroatoms. The van der Waals surface area contributed by atoms with Crippen LogP contribution in [-0.4, -0.2) is 84.7 Å². The van der Waals surface area contributed by atoms with E-state index in [0.717, 1.165) is 12.8 Å².